The van der Waals surface area contributed by atoms with Gasteiger partial charge in [-0.3, -0.25) is 14.2 Å². The molecule has 6 nitrogen and oxygen atoms in total. The average Bonchev–Trinajstić information content (AvgIpc) is 2.73. The molecule has 3 rings (SSSR count). The van der Waals surface area contributed by atoms with E-state index in [9.17, 15) is 14.7 Å². The number of aliphatic hydroxyl groups excluding tert-OH is 1. The van der Waals surface area contributed by atoms with Crippen molar-refractivity contribution in [3.05, 3.63) is 64.4 Å². The molecule has 7 heteroatoms. The molecule has 0 saturated heterocycles. The minimum absolute atomic E-state index is 0.00556. The summed E-state index contributed by atoms with van der Waals surface area (Å²) in [6.07, 6.45) is 0.0843. The van der Waals surface area contributed by atoms with Crippen molar-refractivity contribution >= 4 is 28.4 Å². The van der Waals surface area contributed by atoms with Crippen molar-refractivity contribution in [2.75, 3.05) is 12.4 Å². The number of fused-ring (bicyclic) bond motifs is 1. The molecule has 0 amide bonds. The third-order valence-electron chi connectivity index (χ3n) is 4.38. The number of para-hydroxylation sites is 1. The highest BCUT2D eigenvalue weighted by atomic mass is 32.2. The predicted molar refractivity (Wildman–Crippen MR) is 115 cm³/mol. The molecule has 0 aliphatic rings. The van der Waals surface area contributed by atoms with Gasteiger partial charge < -0.3 is 9.84 Å². The second-order valence-electron chi connectivity index (χ2n) is 6.72. The van der Waals surface area contributed by atoms with Crippen molar-refractivity contribution in [1.82, 2.24) is 9.55 Å². The van der Waals surface area contributed by atoms with Crippen LogP contribution in [0.1, 0.15) is 30.6 Å². The Balaban J connectivity index is 1.65. The minimum Gasteiger partial charge on any atom is -0.491 e. The van der Waals surface area contributed by atoms with Gasteiger partial charge in [-0.15, -0.1) is 0 Å². The molecule has 2 aromatic carbocycles. The average molecular weight is 413 g/mol. The smallest absolute Gasteiger partial charge is 0.262 e. The molecule has 0 fully saturated rings. The number of rotatable bonds is 9. The lowest BCUT2D eigenvalue weighted by atomic mass is 10.1. The molecule has 0 aliphatic heterocycles. The lowest BCUT2D eigenvalue weighted by Gasteiger charge is -2.15. The number of aliphatic hydroxyl groups is 1. The van der Waals surface area contributed by atoms with Crippen LogP contribution in [-0.4, -0.2) is 38.9 Å². The second-order valence-corrected chi connectivity index (χ2v) is 7.71. The summed E-state index contributed by atoms with van der Waals surface area (Å²) < 4.78 is 7.27. The van der Waals surface area contributed by atoms with Crippen LogP contribution in [0, 0.1) is 0 Å². The first kappa shape index (κ1) is 21.1. The van der Waals surface area contributed by atoms with Crippen molar-refractivity contribution in [2.45, 2.75) is 38.1 Å². The molecule has 1 aromatic heterocycles. The zero-order valence-corrected chi connectivity index (χ0v) is 17.3. The molecule has 3 aromatic rings. The van der Waals surface area contributed by atoms with Crippen LogP contribution in [0.3, 0.4) is 0 Å². The highest BCUT2D eigenvalue weighted by Crippen LogP contribution is 2.20. The van der Waals surface area contributed by atoms with E-state index in [4.69, 9.17) is 4.74 Å². The Hall–Kier alpha value is -2.64. The maximum absolute atomic E-state index is 12.8. The topological polar surface area (TPSA) is 81.4 Å². The fourth-order valence-electron chi connectivity index (χ4n) is 2.88. The molecule has 29 heavy (non-hydrogen) atoms. The number of benzene rings is 2. The van der Waals surface area contributed by atoms with Crippen molar-refractivity contribution in [3.63, 3.8) is 0 Å². The molecule has 1 heterocycles. The van der Waals surface area contributed by atoms with Gasteiger partial charge in [-0.2, -0.15) is 0 Å². The summed E-state index contributed by atoms with van der Waals surface area (Å²) in [6.45, 7) is 4.21. The van der Waals surface area contributed by atoms with E-state index in [0.29, 0.717) is 39.7 Å². The number of carbonyl (C=O) groups excluding carboxylic acids is 1. The van der Waals surface area contributed by atoms with Crippen LogP contribution in [0.2, 0.25) is 0 Å². The Kier molecular flexibility index (Phi) is 7.06. The number of aromatic nitrogens is 2. The van der Waals surface area contributed by atoms with E-state index >= 15 is 0 Å². The number of ketones is 1. The van der Waals surface area contributed by atoms with E-state index in [1.165, 1.54) is 18.7 Å². The quantitative estimate of drug-likeness (QED) is 0.329. The van der Waals surface area contributed by atoms with Crippen LogP contribution in [0.25, 0.3) is 10.9 Å². The molecule has 1 atom stereocenters. The van der Waals surface area contributed by atoms with Gasteiger partial charge in [0.1, 0.15) is 12.4 Å². The maximum atomic E-state index is 12.8. The van der Waals surface area contributed by atoms with E-state index in [1.54, 1.807) is 34.9 Å². The SMILES string of the molecule is CCCn1c(SC[C@H](O)COc2ccc(C(C)=O)cc2)nc2ccccc2c1=O. The number of hydrogen-bond acceptors (Lipinski definition) is 6. The molecule has 0 radical (unpaired) electrons. The number of Topliss-reactive ketones (excluding diaryl/α,β-unsaturated/α-hetero) is 1. The molecule has 152 valence electrons. The normalized spacial score (nSPS) is 12.1. The van der Waals surface area contributed by atoms with Crippen molar-refractivity contribution in [3.8, 4) is 5.75 Å². The first-order valence-corrected chi connectivity index (χ1v) is 10.5. The fraction of sp³-hybridized carbons (Fsp3) is 0.318. The van der Waals surface area contributed by atoms with Crippen LogP contribution in [0.5, 0.6) is 5.75 Å². The molecule has 1 N–H and O–H groups in total. The highest BCUT2D eigenvalue weighted by Gasteiger charge is 2.14. The van der Waals surface area contributed by atoms with Crippen molar-refractivity contribution in [2.24, 2.45) is 0 Å². The Morgan fingerprint density at radius 1 is 1.21 bits per heavy atom. The van der Waals surface area contributed by atoms with Gasteiger partial charge in [0.15, 0.2) is 10.9 Å². The van der Waals surface area contributed by atoms with E-state index < -0.39 is 6.10 Å². The van der Waals surface area contributed by atoms with Crippen molar-refractivity contribution < 1.29 is 14.6 Å². The molecule has 0 unspecified atom stereocenters. The van der Waals surface area contributed by atoms with Gasteiger partial charge in [-0.05, 0) is 49.7 Å². The van der Waals surface area contributed by atoms with Crippen LogP contribution >= 0.6 is 11.8 Å². The van der Waals surface area contributed by atoms with Gasteiger partial charge in [-0.1, -0.05) is 30.8 Å². The fourth-order valence-corrected chi connectivity index (χ4v) is 3.81. The van der Waals surface area contributed by atoms with Crippen LogP contribution in [-0.2, 0) is 6.54 Å². The van der Waals surface area contributed by atoms with Crippen LogP contribution < -0.4 is 10.3 Å². The van der Waals surface area contributed by atoms with Crippen LogP contribution in [0.15, 0.2) is 58.5 Å². The van der Waals surface area contributed by atoms with Gasteiger partial charge in [0.25, 0.3) is 5.56 Å². The Morgan fingerprint density at radius 3 is 2.62 bits per heavy atom. The zero-order valence-electron chi connectivity index (χ0n) is 16.5. The van der Waals surface area contributed by atoms with Gasteiger partial charge in [-0.25, -0.2) is 4.98 Å². The lowest BCUT2D eigenvalue weighted by molar-refractivity contribution is 0.101. The standard InChI is InChI=1S/C22H24N2O4S/c1-3-12-24-21(27)19-6-4-5-7-20(19)23-22(24)29-14-17(26)13-28-18-10-8-16(9-11-18)15(2)25/h4-11,17,26H,3,12-14H2,1-2H3/t17-/m1/s1. The molecular weight excluding hydrogens is 388 g/mol. The molecule has 0 saturated carbocycles. The first-order chi connectivity index (χ1) is 14.0. The first-order valence-electron chi connectivity index (χ1n) is 9.54. The maximum Gasteiger partial charge on any atom is 0.262 e. The van der Waals surface area contributed by atoms with Gasteiger partial charge in [0.2, 0.25) is 0 Å². The summed E-state index contributed by atoms with van der Waals surface area (Å²) in [7, 11) is 0. The van der Waals surface area contributed by atoms with Gasteiger partial charge in [0, 0.05) is 17.9 Å². The summed E-state index contributed by atoms with van der Waals surface area (Å²) in [5.41, 5.74) is 1.21. The molecule has 0 bridgehead atoms. The lowest BCUT2D eigenvalue weighted by Crippen LogP contribution is -2.25. The monoisotopic (exact) mass is 412 g/mol. The molecular formula is C22H24N2O4S. The second kappa shape index (κ2) is 9.71. The Bertz CT molecular complexity index is 1050. The number of nitrogens with zero attached hydrogens (tertiary/aromatic N) is 2. The Labute approximate surface area is 173 Å². The number of thioether (sulfide) groups is 1. The van der Waals surface area contributed by atoms with E-state index in [0.717, 1.165) is 6.42 Å². The van der Waals surface area contributed by atoms with Gasteiger partial charge >= 0.3 is 0 Å². The third-order valence-corrected chi connectivity index (χ3v) is 5.50. The summed E-state index contributed by atoms with van der Waals surface area (Å²) in [5.74, 6) is 0.930. The van der Waals surface area contributed by atoms with Gasteiger partial charge in [0.05, 0.1) is 17.0 Å². The predicted octanol–water partition coefficient (Wildman–Crippen LogP) is 3.54. The molecule has 0 aliphatic carbocycles. The number of hydrogen-bond donors (Lipinski definition) is 1. The van der Waals surface area contributed by atoms with E-state index in [-0.39, 0.29) is 17.9 Å². The summed E-state index contributed by atoms with van der Waals surface area (Å²) in [4.78, 5) is 28.7. The van der Waals surface area contributed by atoms with E-state index in [1.807, 2.05) is 25.1 Å². The number of ether oxygens (including phenoxy) is 1. The summed E-state index contributed by atoms with van der Waals surface area (Å²) >= 11 is 1.34. The largest absolute Gasteiger partial charge is 0.491 e. The number of carbonyl (C=O) groups is 1. The zero-order chi connectivity index (χ0) is 20.8. The highest BCUT2D eigenvalue weighted by molar-refractivity contribution is 7.99. The summed E-state index contributed by atoms with van der Waals surface area (Å²) in [6, 6.07) is 14.1. The third kappa shape index (κ3) is 5.25. The summed E-state index contributed by atoms with van der Waals surface area (Å²) in [5, 5.41) is 11.5. The van der Waals surface area contributed by atoms with E-state index in [2.05, 4.69) is 4.98 Å². The minimum atomic E-state index is -0.731. The molecule has 0 spiro atoms. The van der Waals surface area contributed by atoms with Crippen LogP contribution in [0.4, 0.5) is 0 Å². The van der Waals surface area contributed by atoms with Crippen molar-refractivity contribution in [1.29, 1.82) is 0 Å². The Morgan fingerprint density at radius 2 is 1.93 bits per heavy atom.